The van der Waals surface area contributed by atoms with Crippen molar-refractivity contribution >= 4 is 22.4 Å². The van der Waals surface area contributed by atoms with Gasteiger partial charge in [0, 0.05) is 31.9 Å². The molecule has 0 bridgehead atoms. The van der Waals surface area contributed by atoms with Crippen molar-refractivity contribution < 1.29 is 4.79 Å². The molecule has 154 valence electrons. The predicted octanol–water partition coefficient (Wildman–Crippen LogP) is 4.50. The van der Waals surface area contributed by atoms with Gasteiger partial charge in [-0.1, -0.05) is 60.7 Å². The van der Waals surface area contributed by atoms with Gasteiger partial charge in [0.05, 0.1) is 6.67 Å². The maximum atomic E-state index is 13.4. The van der Waals surface area contributed by atoms with Crippen LogP contribution in [0.4, 0.5) is 5.69 Å². The highest BCUT2D eigenvalue weighted by atomic mass is 16.2. The number of carbonyl (C=O) groups is 1. The fourth-order valence-corrected chi connectivity index (χ4v) is 5.20. The van der Waals surface area contributed by atoms with E-state index >= 15 is 0 Å². The Kier molecular flexibility index (Phi) is 4.95. The molecule has 1 spiro atoms. The largest absolute Gasteiger partial charge is 0.339 e. The minimum absolute atomic E-state index is 0.304. The zero-order chi connectivity index (χ0) is 20.6. The van der Waals surface area contributed by atoms with Crippen LogP contribution in [0.15, 0.2) is 72.8 Å². The van der Waals surface area contributed by atoms with Crippen LogP contribution in [0.5, 0.6) is 0 Å². The van der Waals surface area contributed by atoms with E-state index in [4.69, 9.17) is 0 Å². The van der Waals surface area contributed by atoms with Gasteiger partial charge in [0.2, 0.25) is 5.91 Å². The molecule has 5 rings (SSSR count). The van der Waals surface area contributed by atoms with Crippen LogP contribution in [0, 0.1) is 0 Å². The fraction of sp³-hybridized carbons (Fsp3) is 0.346. The Morgan fingerprint density at radius 1 is 0.867 bits per heavy atom. The van der Waals surface area contributed by atoms with E-state index in [1.54, 1.807) is 0 Å². The molecule has 2 aliphatic rings. The van der Waals surface area contributed by atoms with Gasteiger partial charge in [-0.25, -0.2) is 0 Å². The summed E-state index contributed by atoms with van der Waals surface area (Å²) in [5, 5.41) is 2.63. The number of piperidine rings is 1. The maximum Gasteiger partial charge on any atom is 0.250 e. The third-order valence-corrected chi connectivity index (χ3v) is 6.92. The number of nitrogens with zero attached hydrogens (tertiary/aromatic N) is 3. The van der Waals surface area contributed by atoms with Crippen molar-refractivity contribution in [2.24, 2.45) is 0 Å². The van der Waals surface area contributed by atoms with Crippen molar-refractivity contribution in [1.29, 1.82) is 0 Å². The summed E-state index contributed by atoms with van der Waals surface area (Å²) in [6.45, 7) is 6.36. The van der Waals surface area contributed by atoms with Gasteiger partial charge in [-0.05, 0) is 48.2 Å². The van der Waals surface area contributed by atoms with Crippen LogP contribution < -0.4 is 4.90 Å². The van der Waals surface area contributed by atoms with Gasteiger partial charge >= 0.3 is 0 Å². The second-order valence-electron chi connectivity index (χ2n) is 8.51. The average molecular weight is 400 g/mol. The predicted molar refractivity (Wildman–Crippen MR) is 122 cm³/mol. The number of likely N-dealkylation sites (N-methyl/N-ethyl adjacent to an activating group) is 1. The molecule has 0 unspecified atom stereocenters. The van der Waals surface area contributed by atoms with Crippen LogP contribution in [0.2, 0.25) is 0 Å². The van der Waals surface area contributed by atoms with Gasteiger partial charge in [-0.15, -0.1) is 0 Å². The first kappa shape index (κ1) is 19.1. The summed E-state index contributed by atoms with van der Waals surface area (Å²) < 4.78 is 0. The molecule has 4 heteroatoms. The third kappa shape index (κ3) is 3.16. The van der Waals surface area contributed by atoms with Crippen molar-refractivity contribution in [3.8, 4) is 0 Å². The highest BCUT2D eigenvalue weighted by Gasteiger charge is 2.53. The number of likely N-dealkylation sites (tertiary alicyclic amines) is 1. The molecule has 0 atom stereocenters. The SMILES string of the molecule is CCN1CN(c2ccccc2)C2(CCN(Cc3cccc4ccccc34)CC2)C1=O. The number of rotatable bonds is 4. The van der Waals surface area contributed by atoms with E-state index in [0.29, 0.717) is 12.6 Å². The first-order valence-electron chi connectivity index (χ1n) is 11.0. The van der Waals surface area contributed by atoms with Crippen molar-refractivity contribution in [2.45, 2.75) is 31.8 Å². The number of hydrogen-bond acceptors (Lipinski definition) is 3. The van der Waals surface area contributed by atoms with Crippen LogP contribution in [0.1, 0.15) is 25.3 Å². The van der Waals surface area contributed by atoms with Gasteiger partial charge in [0.15, 0.2) is 0 Å². The van der Waals surface area contributed by atoms with Crippen molar-refractivity contribution in [1.82, 2.24) is 9.80 Å². The Balaban J connectivity index is 1.37. The molecule has 2 saturated heterocycles. The summed E-state index contributed by atoms with van der Waals surface area (Å²) in [5.41, 5.74) is 2.13. The average Bonchev–Trinajstić information content (AvgIpc) is 3.07. The number of anilines is 1. The van der Waals surface area contributed by atoms with E-state index in [9.17, 15) is 4.79 Å². The Hall–Kier alpha value is -2.85. The Morgan fingerprint density at radius 2 is 1.57 bits per heavy atom. The number of amides is 1. The molecule has 2 heterocycles. The van der Waals surface area contributed by atoms with Gasteiger partial charge in [-0.3, -0.25) is 9.69 Å². The quantitative estimate of drug-likeness (QED) is 0.646. The van der Waals surface area contributed by atoms with Crippen LogP contribution >= 0.6 is 0 Å². The molecule has 3 aromatic rings. The number of carbonyl (C=O) groups excluding carboxylic acids is 1. The topological polar surface area (TPSA) is 26.8 Å². The summed E-state index contributed by atoms with van der Waals surface area (Å²) in [7, 11) is 0. The molecule has 2 fully saturated rings. The summed E-state index contributed by atoms with van der Waals surface area (Å²) in [6, 6.07) is 25.6. The van der Waals surface area contributed by atoms with Crippen LogP contribution in [-0.2, 0) is 11.3 Å². The molecular weight excluding hydrogens is 370 g/mol. The molecule has 0 aliphatic carbocycles. The molecule has 1 amide bonds. The molecule has 3 aromatic carbocycles. The van der Waals surface area contributed by atoms with E-state index in [-0.39, 0.29) is 0 Å². The monoisotopic (exact) mass is 399 g/mol. The van der Waals surface area contributed by atoms with Gasteiger partial charge < -0.3 is 9.80 Å². The third-order valence-electron chi connectivity index (χ3n) is 6.92. The normalized spacial score (nSPS) is 19.2. The fourth-order valence-electron chi connectivity index (χ4n) is 5.20. The smallest absolute Gasteiger partial charge is 0.250 e. The van der Waals surface area contributed by atoms with Gasteiger partial charge in [0.1, 0.15) is 5.54 Å². The van der Waals surface area contributed by atoms with Crippen LogP contribution in [0.3, 0.4) is 0 Å². The summed E-state index contributed by atoms with van der Waals surface area (Å²) >= 11 is 0. The second kappa shape index (κ2) is 7.77. The first-order valence-corrected chi connectivity index (χ1v) is 11.0. The lowest BCUT2D eigenvalue weighted by Gasteiger charge is -2.43. The molecular formula is C26H29N3O. The summed E-state index contributed by atoms with van der Waals surface area (Å²) in [5.74, 6) is 0.304. The molecule has 30 heavy (non-hydrogen) atoms. The number of benzene rings is 3. The van der Waals surface area contributed by atoms with E-state index in [0.717, 1.165) is 44.7 Å². The Morgan fingerprint density at radius 3 is 2.33 bits per heavy atom. The minimum atomic E-state index is -0.396. The van der Waals surface area contributed by atoms with Crippen LogP contribution in [0.25, 0.3) is 10.8 Å². The van der Waals surface area contributed by atoms with E-state index in [2.05, 4.69) is 83.5 Å². The lowest BCUT2D eigenvalue weighted by Crippen LogP contribution is -2.56. The minimum Gasteiger partial charge on any atom is -0.339 e. The zero-order valence-electron chi connectivity index (χ0n) is 17.6. The van der Waals surface area contributed by atoms with E-state index in [1.165, 1.54) is 16.3 Å². The van der Waals surface area contributed by atoms with Crippen molar-refractivity contribution in [2.75, 3.05) is 31.2 Å². The molecule has 2 aliphatic heterocycles. The molecule has 0 N–H and O–H groups in total. The Bertz CT molecular complexity index is 1040. The van der Waals surface area contributed by atoms with E-state index in [1.807, 2.05) is 11.0 Å². The summed E-state index contributed by atoms with van der Waals surface area (Å²) in [4.78, 5) is 20.3. The lowest BCUT2D eigenvalue weighted by molar-refractivity contribution is -0.133. The summed E-state index contributed by atoms with van der Waals surface area (Å²) in [6.07, 6.45) is 1.75. The molecule has 0 aromatic heterocycles. The zero-order valence-corrected chi connectivity index (χ0v) is 17.6. The standard InChI is InChI=1S/C26H29N3O/c1-2-28-20-29(23-12-4-3-5-13-23)26(25(28)30)15-17-27(18-16-26)19-22-11-8-10-21-9-6-7-14-24(21)22/h3-14H,2,15-20H2,1H3. The van der Waals surface area contributed by atoms with Gasteiger partial charge in [0.25, 0.3) is 0 Å². The highest BCUT2D eigenvalue weighted by Crippen LogP contribution is 2.39. The van der Waals surface area contributed by atoms with Crippen molar-refractivity contribution in [3.63, 3.8) is 0 Å². The van der Waals surface area contributed by atoms with Crippen LogP contribution in [-0.4, -0.2) is 47.5 Å². The van der Waals surface area contributed by atoms with E-state index < -0.39 is 5.54 Å². The number of hydrogen-bond donors (Lipinski definition) is 0. The molecule has 0 radical (unpaired) electrons. The van der Waals surface area contributed by atoms with Crippen molar-refractivity contribution in [3.05, 3.63) is 78.4 Å². The Labute approximate surface area is 178 Å². The number of para-hydroxylation sites is 1. The molecule has 0 saturated carbocycles. The maximum absolute atomic E-state index is 13.4. The second-order valence-corrected chi connectivity index (χ2v) is 8.51. The molecule has 4 nitrogen and oxygen atoms in total. The van der Waals surface area contributed by atoms with Gasteiger partial charge in [-0.2, -0.15) is 0 Å². The highest BCUT2D eigenvalue weighted by molar-refractivity contribution is 5.93. The lowest BCUT2D eigenvalue weighted by atomic mass is 9.85. The number of fused-ring (bicyclic) bond motifs is 1. The first-order chi connectivity index (χ1) is 14.7.